The zero-order chi connectivity index (χ0) is 28.1. The molecule has 0 bridgehead atoms. The van der Waals surface area contributed by atoms with Gasteiger partial charge >= 0.3 is 5.97 Å². The Morgan fingerprint density at radius 3 is 2.45 bits per heavy atom. The van der Waals surface area contributed by atoms with Crippen molar-refractivity contribution in [1.29, 1.82) is 0 Å². The topological polar surface area (TPSA) is 111 Å². The van der Waals surface area contributed by atoms with E-state index in [4.69, 9.17) is 15.2 Å². The monoisotopic (exact) mass is 551 g/mol. The molecule has 38 heavy (non-hydrogen) atoms. The standard InChI is InChI=1S/C28H42FN3O5S/c1-5-13-32(14-6-2)38(34,35)15-12-28(33)37-27(20-31-19-23-8-7-9-24(16-23)36-4)26(30)18-22-11-10-21(3)25(29)17-22/h7-11,16-17,26-27,31H,5-6,12-15,18-20,30H2,1-4H3. The van der Waals surface area contributed by atoms with Gasteiger partial charge in [0.05, 0.1) is 19.3 Å². The van der Waals surface area contributed by atoms with Crippen LogP contribution in [0.5, 0.6) is 5.75 Å². The second-order valence-corrected chi connectivity index (χ2v) is 11.5. The smallest absolute Gasteiger partial charge is 0.307 e. The van der Waals surface area contributed by atoms with Gasteiger partial charge in [-0.2, -0.15) is 0 Å². The molecule has 8 nitrogen and oxygen atoms in total. The molecule has 2 unspecified atom stereocenters. The van der Waals surface area contributed by atoms with Crippen LogP contribution in [0.25, 0.3) is 0 Å². The fraction of sp³-hybridized carbons (Fsp3) is 0.536. The highest BCUT2D eigenvalue weighted by atomic mass is 32.2. The number of sulfonamides is 1. The molecule has 0 heterocycles. The Morgan fingerprint density at radius 2 is 1.82 bits per heavy atom. The lowest BCUT2D eigenvalue weighted by Gasteiger charge is -2.25. The second-order valence-electron chi connectivity index (χ2n) is 9.43. The van der Waals surface area contributed by atoms with E-state index in [0.717, 1.165) is 11.3 Å². The Bertz CT molecular complexity index is 1120. The number of hydrogen-bond acceptors (Lipinski definition) is 7. The van der Waals surface area contributed by atoms with Crippen LogP contribution in [0.4, 0.5) is 4.39 Å². The van der Waals surface area contributed by atoms with E-state index in [0.29, 0.717) is 43.6 Å². The summed E-state index contributed by atoms with van der Waals surface area (Å²) in [6, 6.07) is 11.8. The molecule has 2 aromatic carbocycles. The van der Waals surface area contributed by atoms with Crippen molar-refractivity contribution in [3.63, 3.8) is 0 Å². The van der Waals surface area contributed by atoms with Gasteiger partial charge in [-0.05, 0) is 61.1 Å². The van der Waals surface area contributed by atoms with Crippen molar-refractivity contribution in [1.82, 2.24) is 9.62 Å². The summed E-state index contributed by atoms with van der Waals surface area (Å²) in [5.74, 6) is -0.561. The first-order valence-electron chi connectivity index (χ1n) is 13.1. The molecule has 0 radical (unpaired) electrons. The third kappa shape index (κ3) is 10.3. The van der Waals surface area contributed by atoms with E-state index in [2.05, 4.69) is 5.32 Å². The normalized spacial score (nSPS) is 13.3. The number of ether oxygens (including phenoxy) is 2. The predicted octanol–water partition coefficient (Wildman–Crippen LogP) is 3.56. The SMILES string of the molecule is CCCN(CCC)S(=O)(=O)CCC(=O)OC(CNCc1cccc(OC)c1)C(N)Cc1ccc(C)c(F)c1. The molecule has 0 aliphatic rings. The number of carbonyl (C=O) groups excluding carboxylic acids is 1. The fourth-order valence-corrected chi connectivity index (χ4v) is 5.65. The first-order valence-corrected chi connectivity index (χ1v) is 14.7. The quantitative estimate of drug-likeness (QED) is 0.289. The molecule has 0 spiro atoms. The lowest BCUT2D eigenvalue weighted by molar-refractivity contribution is -0.149. The molecule has 2 aromatic rings. The fourth-order valence-electron chi connectivity index (χ4n) is 4.05. The van der Waals surface area contributed by atoms with Crippen LogP contribution in [-0.4, -0.2) is 63.3 Å². The van der Waals surface area contributed by atoms with Gasteiger partial charge in [0, 0.05) is 32.2 Å². The van der Waals surface area contributed by atoms with E-state index < -0.39 is 28.1 Å². The van der Waals surface area contributed by atoms with Gasteiger partial charge in [-0.1, -0.05) is 38.1 Å². The molecule has 0 aliphatic carbocycles. The molecule has 2 rings (SSSR count). The van der Waals surface area contributed by atoms with Gasteiger partial charge in [0.25, 0.3) is 0 Å². The number of carbonyl (C=O) groups is 1. The van der Waals surface area contributed by atoms with E-state index in [1.54, 1.807) is 26.2 Å². The summed E-state index contributed by atoms with van der Waals surface area (Å²) in [5, 5.41) is 3.26. The Balaban J connectivity index is 2.07. The van der Waals surface area contributed by atoms with Gasteiger partial charge in [0.15, 0.2) is 0 Å². The minimum absolute atomic E-state index is 0.239. The van der Waals surface area contributed by atoms with Crippen molar-refractivity contribution in [2.24, 2.45) is 5.73 Å². The average Bonchev–Trinajstić information content (AvgIpc) is 2.89. The second kappa shape index (κ2) is 15.8. The number of methoxy groups -OCH3 is 1. The highest BCUT2D eigenvalue weighted by Gasteiger charge is 2.26. The van der Waals surface area contributed by atoms with Gasteiger partial charge in [-0.15, -0.1) is 0 Å². The highest BCUT2D eigenvalue weighted by Crippen LogP contribution is 2.15. The van der Waals surface area contributed by atoms with Crippen LogP contribution in [0, 0.1) is 12.7 Å². The van der Waals surface area contributed by atoms with Gasteiger partial charge < -0.3 is 20.5 Å². The zero-order valence-corrected chi connectivity index (χ0v) is 23.7. The summed E-state index contributed by atoms with van der Waals surface area (Å²) in [7, 11) is -1.99. The van der Waals surface area contributed by atoms with Crippen molar-refractivity contribution in [3.8, 4) is 5.75 Å². The van der Waals surface area contributed by atoms with Crippen molar-refractivity contribution < 1.29 is 27.1 Å². The Labute approximate surface area is 226 Å². The number of aryl methyl sites for hydroxylation is 1. The molecule has 2 atom stereocenters. The third-order valence-corrected chi connectivity index (χ3v) is 8.05. The molecule has 0 aliphatic heterocycles. The van der Waals surface area contributed by atoms with Crippen LogP contribution in [0.2, 0.25) is 0 Å². The Kier molecular flexibility index (Phi) is 13.2. The summed E-state index contributed by atoms with van der Waals surface area (Å²) in [6.07, 6.45) is 0.653. The minimum Gasteiger partial charge on any atom is -0.497 e. The van der Waals surface area contributed by atoms with Gasteiger partial charge in [-0.3, -0.25) is 4.79 Å². The van der Waals surface area contributed by atoms with Crippen LogP contribution in [0.15, 0.2) is 42.5 Å². The molecule has 212 valence electrons. The van der Waals surface area contributed by atoms with E-state index in [1.807, 2.05) is 38.1 Å². The van der Waals surface area contributed by atoms with Crippen LogP contribution >= 0.6 is 0 Å². The average molecular weight is 552 g/mol. The van der Waals surface area contributed by atoms with Gasteiger partial charge in [-0.25, -0.2) is 17.1 Å². The number of nitrogens with one attached hydrogen (secondary N) is 1. The van der Waals surface area contributed by atoms with Crippen molar-refractivity contribution in [2.45, 2.75) is 65.1 Å². The molecule has 3 N–H and O–H groups in total. The molecular formula is C28H42FN3O5S. The van der Waals surface area contributed by atoms with E-state index in [9.17, 15) is 17.6 Å². The summed E-state index contributed by atoms with van der Waals surface area (Å²) >= 11 is 0. The van der Waals surface area contributed by atoms with Crippen molar-refractivity contribution in [2.75, 3.05) is 32.5 Å². The Hall–Kier alpha value is -2.53. The number of benzene rings is 2. The first kappa shape index (κ1) is 31.7. The molecule has 0 amide bonds. The maximum absolute atomic E-state index is 14.1. The number of hydrogen-bond donors (Lipinski definition) is 2. The summed E-state index contributed by atoms with van der Waals surface area (Å²) in [6.45, 7) is 7.06. The molecular weight excluding hydrogens is 509 g/mol. The molecule has 0 saturated carbocycles. The van der Waals surface area contributed by atoms with E-state index in [1.165, 1.54) is 10.4 Å². The predicted molar refractivity (Wildman–Crippen MR) is 148 cm³/mol. The third-order valence-electron chi connectivity index (χ3n) is 6.18. The number of rotatable bonds is 17. The molecule has 10 heteroatoms. The lowest BCUT2D eigenvalue weighted by atomic mass is 10.0. The molecule has 0 saturated heterocycles. The van der Waals surface area contributed by atoms with Crippen LogP contribution < -0.4 is 15.8 Å². The number of nitrogens with two attached hydrogens (primary N) is 1. The largest absolute Gasteiger partial charge is 0.497 e. The van der Waals surface area contributed by atoms with E-state index >= 15 is 0 Å². The lowest BCUT2D eigenvalue weighted by Crippen LogP contribution is -2.46. The van der Waals surface area contributed by atoms with Crippen molar-refractivity contribution in [3.05, 3.63) is 65.0 Å². The number of esters is 1. The van der Waals surface area contributed by atoms with Crippen molar-refractivity contribution >= 4 is 16.0 Å². The molecule has 0 fully saturated rings. The van der Waals surface area contributed by atoms with Gasteiger partial charge in [0.2, 0.25) is 10.0 Å². The van der Waals surface area contributed by atoms with Crippen LogP contribution in [0.3, 0.4) is 0 Å². The van der Waals surface area contributed by atoms with Gasteiger partial charge in [0.1, 0.15) is 17.7 Å². The summed E-state index contributed by atoms with van der Waals surface area (Å²) in [5.41, 5.74) is 8.63. The number of halogens is 1. The molecule has 0 aromatic heterocycles. The highest BCUT2D eigenvalue weighted by molar-refractivity contribution is 7.89. The number of nitrogens with zero attached hydrogens (tertiary/aromatic N) is 1. The summed E-state index contributed by atoms with van der Waals surface area (Å²) < 4.78 is 51.9. The van der Waals surface area contributed by atoms with E-state index in [-0.39, 0.29) is 31.0 Å². The zero-order valence-electron chi connectivity index (χ0n) is 22.9. The van der Waals surface area contributed by atoms with Crippen LogP contribution in [0.1, 0.15) is 49.8 Å². The summed E-state index contributed by atoms with van der Waals surface area (Å²) in [4.78, 5) is 12.7. The Morgan fingerprint density at radius 1 is 1.11 bits per heavy atom. The van der Waals surface area contributed by atoms with Crippen LogP contribution in [-0.2, 0) is 32.5 Å². The first-order chi connectivity index (χ1) is 18.1. The maximum Gasteiger partial charge on any atom is 0.307 e. The maximum atomic E-state index is 14.1. The minimum atomic E-state index is -3.58.